The van der Waals surface area contributed by atoms with Gasteiger partial charge in [-0.1, -0.05) is 13.8 Å². The highest BCUT2D eigenvalue weighted by atomic mass is 15.3. The monoisotopic (exact) mass is 232 g/mol. The maximum absolute atomic E-state index is 5.60. The molecular formula is C11H16N6. The number of nitrogens with two attached hydrogens (primary N) is 1. The van der Waals surface area contributed by atoms with Crippen LogP contribution in [0.2, 0.25) is 0 Å². The summed E-state index contributed by atoms with van der Waals surface area (Å²) in [6.45, 7) is 4.46. The van der Waals surface area contributed by atoms with Gasteiger partial charge in [-0.25, -0.2) is 9.97 Å². The predicted molar refractivity (Wildman–Crippen MR) is 63.6 cm³/mol. The Morgan fingerprint density at radius 1 is 1.18 bits per heavy atom. The lowest BCUT2D eigenvalue weighted by molar-refractivity contribution is 0.746. The van der Waals surface area contributed by atoms with E-state index in [2.05, 4.69) is 27.1 Å². The van der Waals surface area contributed by atoms with E-state index in [1.165, 1.54) is 0 Å². The molecule has 0 saturated heterocycles. The predicted octanol–water partition coefficient (Wildman–Crippen LogP) is 0.641. The normalized spacial score (nSPS) is 10.8. The first kappa shape index (κ1) is 11.7. The third-order valence-corrected chi connectivity index (χ3v) is 2.61. The Morgan fingerprint density at radius 2 is 1.94 bits per heavy atom. The van der Waals surface area contributed by atoms with Gasteiger partial charge in [-0.15, -0.1) is 10.2 Å². The van der Waals surface area contributed by atoms with Crippen molar-refractivity contribution >= 4 is 0 Å². The lowest BCUT2D eigenvalue weighted by Gasteiger charge is -2.07. The minimum absolute atomic E-state index is 0.355. The van der Waals surface area contributed by atoms with Crippen molar-refractivity contribution in [2.45, 2.75) is 33.2 Å². The van der Waals surface area contributed by atoms with Gasteiger partial charge in [-0.2, -0.15) is 0 Å². The number of hydrogen-bond acceptors (Lipinski definition) is 5. The molecule has 0 spiro atoms. The standard InChI is InChI=1S/C11H16N6/c1-3-8-9(4-2)15-16-11(14-8)17-6-5-13-10(17)7-12/h5-6H,3-4,7,12H2,1-2H3. The van der Waals surface area contributed by atoms with E-state index >= 15 is 0 Å². The second-order valence-corrected chi connectivity index (χ2v) is 3.63. The SMILES string of the molecule is CCc1nnc(-n2ccnc2CN)nc1CC. The average molecular weight is 232 g/mol. The molecule has 0 radical (unpaired) electrons. The van der Waals surface area contributed by atoms with Gasteiger partial charge < -0.3 is 5.73 Å². The molecule has 0 atom stereocenters. The zero-order chi connectivity index (χ0) is 12.3. The van der Waals surface area contributed by atoms with Crippen molar-refractivity contribution in [3.63, 3.8) is 0 Å². The summed E-state index contributed by atoms with van der Waals surface area (Å²) in [7, 11) is 0. The quantitative estimate of drug-likeness (QED) is 0.836. The molecule has 6 nitrogen and oxygen atoms in total. The van der Waals surface area contributed by atoms with E-state index in [0.29, 0.717) is 12.5 Å². The van der Waals surface area contributed by atoms with Crippen LogP contribution in [0.4, 0.5) is 0 Å². The Balaban J connectivity index is 2.46. The molecule has 0 bridgehead atoms. The molecule has 0 unspecified atom stereocenters. The maximum Gasteiger partial charge on any atom is 0.255 e. The highest BCUT2D eigenvalue weighted by molar-refractivity contribution is 5.19. The number of imidazole rings is 1. The third-order valence-electron chi connectivity index (χ3n) is 2.61. The minimum Gasteiger partial charge on any atom is -0.324 e. The van der Waals surface area contributed by atoms with Crippen molar-refractivity contribution in [1.82, 2.24) is 24.7 Å². The Labute approximate surface area is 99.9 Å². The Hall–Kier alpha value is -1.82. The van der Waals surface area contributed by atoms with Gasteiger partial charge in [-0.05, 0) is 12.8 Å². The molecule has 17 heavy (non-hydrogen) atoms. The van der Waals surface area contributed by atoms with Gasteiger partial charge >= 0.3 is 0 Å². The first-order valence-corrected chi connectivity index (χ1v) is 5.75. The summed E-state index contributed by atoms with van der Waals surface area (Å²) in [5.41, 5.74) is 7.53. The summed E-state index contributed by atoms with van der Waals surface area (Å²) in [5, 5.41) is 8.31. The topological polar surface area (TPSA) is 82.5 Å². The molecule has 90 valence electrons. The molecule has 0 aliphatic heterocycles. The molecule has 2 aromatic heterocycles. The van der Waals surface area contributed by atoms with Crippen LogP contribution in [0.1, 0.15) is 31.1 Å². The molecule has 0 saturated carbocycles. The van der Waals surface area contributed by atoms with E-state index in [-0.39, 0.29) is 0 Å². The summed E-state index contributed by atoms with van der Waals surface area (Å²) >= 11 is 0. The molecule has 2 N–H and O–H groups in total. The second kappa shape index (κ2) is 5.01. The van der Waals surface area contributed by atoms with Gasteiger partial charge in [0.1, 0.15) is 5.82 Å². The number of hydrogen-bond donors (Lipinski definition) is 1. The van der Waals surface area contributed by atoms with Gasteiger partial charge in [0.05, 0.1) is 17.9 Å². The smallest absolute Gasteiger partial charge is 0.255 e. The first-order chi connectivity index (χ1) is 8.30. The van der Waals surface area contributed by atoms with E-state index < -0.39 is 0 Å². The van der Waals surface area contributed by atoms with Crippen LogP contribution in [0.5, 0.6) is 0 Å². The zero-order valence-corrected chi connectivity index (χ0v) is 10.1. The number of aromatic nitrogens is 5. The summed E-state index contributed by atoms with van der Waals surface area (Å²) in [4.78, 5) is 8.65. The van der Waals surface area contributed by atoms with E-state index in [4.69, 9.17) is 5.73 Å². The molecule has 0 fully saturated rings. The Bertz CT molecular complexity index is 504. The van der Waals surface area contributed by atoms with E-state index in [1.807, 2.05) is 6.92 Å². The third kappa shape index (κ3) is 2.16. The molecule has 2 heterocycles. The van der Waals surface area contributed by atoms with Gasteiger partial charge in [0.15, 0.2) is 0 Å². The van der Waals surface area contributed by atoms with Gasteiger partial charge in [-0.3, -0.25) is 4.57 Å². The molecular weight excluding hydrogens is 216 g/mol. The van der Waals surface area contributed by atoms with E-state index in [9.17, 15) is 0 Å². The molecule has 6 heteroatoms. The van der Waals surface area contributed by atoms with Crippen LogP contribution in [0.25, 0.3) is 5.95 Å². The van der Waals surface area contributed by atoms with Crippen molar-refractivity contribution in [3.8, 4) is 5.95 Å². The van der Waals surface area contributed by atoms with Crippen molar-refractivity contribution in [1.29, 1.82) is 0 Å². The highest BCUT2D eigenvalue weighted by Crippen LogP contribution is 2.08. The van der Waals surface area contributed by atoms with Crippen molar-refractivity contribution in [3.05, 3.63) is 29.6 Å². The fourth-order valence-electron chi connectivity index (χ4n) is 1.70. The van der Waals surface area contributed by atoms with Crippen LogP contribution in [0, 0.1) is 0 Å². The van der Waals surface area contributed by atoms with Crippen LogP contribution in [0.15, 0.2) is 12.4 Å². The molecule has 0 aliphatic rings. The number of nitrogens with zero attached hydrogens (tertiary/aromatic N) is 5. The molecule has 2 rings (SSSR count). The Morgan fingerprint density at radius 3 is 2.59 bits per heavy atom. The van der Waals surface area contributed by atoms with Gasteiger partial charge in [0.2, 0.25) is 0 Å². The molecule has 2 aromatic rings. The minimum atomic E-state index is 0.355. The van der Waals surface area contributed by atoms with Crippen LogP contribution in [-0.4, -0.2) is 24.7 Å². The van der Waals surface area contributed by atoms with Crippen LogP contribution >= 0.6 is 0 Å². The van der Waals surface area contributed by atoms with E-state index in [0.717, 1.165) is 30.1 Å². The van der Waals surface area contributed by atoms with Crippen LogP contribution < -0.4 is 5.73 Å². The van der Waals surface area contributed by atoms with Crippen molar-refractivity contribution in [2.75, 3.05) is 0 Å². The average Bonchev–Trinajstić information content (AvgIpc) is 2.86. The van der Waals surface area contributed by atoms with E-state index in [1.54, 1.807) is 17.0 Å². The summed E-state index contributed by atoms with van der Waals surface area (Å²) in [6, 6.07) is 0. The fraction of sp³-hybridized carbons (Fsp3) is 0.455. The van der Waals surface area contributed by atoms with Crippen molar-refractivity contribution in [2.24, 2.45) is 5.73 Å². The maximum atomic E-state index is 5.60. The lowest BCUT2D eigenvalue weighted by Crippen LogP contribution is -2.12. The molecule has 0 aliphatic carbocycles. The summed E-state index contributed by atoms with van der Waals surface area (Å²) in [6.07, 6.45) is 5.17. The van der Waals surface area contributed by atoms with Gasteiger partial charge in [0.25, 0.3) is 5.95 Å². The lowest BCUT2D eigenvalue weighted by atomic mass is 10.2. The van der Waals surface area contributed by atoms with Crippen LogP contribution in [-0.2, 0) is 19.4 Å². The van der Waals surface area contributed by atoms with Crippen LogP contribution in [0.3, 0.4) is 0 Å². The second-order valence-electron chi connectivity index (χ2n) is 3.63. The summed E-state index contributed by atoms with van der Waals surface area (Å²) in [5.74, 6) is 1.27. The number of aryl methyl sites for hydroxylation is 2. The summed E-state index contributed by atoms with van der Waals surface area (Å²) < 4.78 is 1.77. The fourth-order valence-corrected chi connectivity index (χ4v) is 1.70. The first-order valence-electron chi connectivity index (χ1n) is 5.75. The largest absolute Gasteiger partial charge is 0.324 e. The number of rotatable bonds is 4. The van der Waals surface area contributed by atoms with Crippen molar-refractivity contribution < 1.29 is 0 Å². The molecule has 0 aromatic carbocycles. The van der Waals surface area contributed by atoms with Gasteiger partial charge in [0, 0.05) is 12.4 Å². The Kier molecular flexibility index (Phi) is 3.43. The zero-order valence-electron chi connectivity index (χ0n) is 10.1. The highest BCUT2D eigenvalue weighted by Gasteiger charge is 2.10. The molecule has 0 amide bonds.